The Morgan fingerprint density at radius 1 is 1.12 bits per heavy atom. The van der Waals surface area contributed by atoms with Crippen LogP contribution in [0.3, 0.4) is 0 Å². The maximum atomic E-state index is 12.3. The minimum absolute atomic E-state index is 0.187. The molecule has 26 heavy (non-hydrogen) atoms. The van der Waals surface area contributed by atoms with Gasteiger partial charge in [-0.2, -0.15) is 0 Å². The van der Waals surface area contributed by atoms with Crippen molar-refractivity contribution in [2.24, 2.45) is 5.92 Å². The van der Waals surface area contributed by atoms with E-state index in [-0.39, 0.29) is 5.91 Å². The first-order chi connectivity index (χ1) is 12.7. The average Bonchev–Trinajstić information content (AvgIpc) is 2.96. The van der Waals surface area contributed by atoms with E-state index in [9.17, 15) is 4.79 Å². The summed E-state index contributed by atoms with van der Waals surface area (Å²) in [6.45, 7) is 5.82. The molecule has 2 unspecified atom stereocenters. The van der Waals surface area contributed by atoms with Gasteiger partial charge in [-0.3, -0.25) is 4.79 Å². The van der Waals surface area contributed by atoms with Gasteiger partial charge < -0.3 is 20.1 Å². The number of fused-ring (bicyclic) bond motifs is 2. The molecule has 0 aliphatic carbocycles. The lowest BCUT2D eigenvalue weighted by Gasteiger charge is -2.28. The molecule has 0 aromatic heterocycles. The summed E-state index contributed by atoms with van der Waals surface area (Å²) in [5.74, 6) is 2.29. The molecule has 2 heterocycles. The number of carbonyl (C=O) groups is 1. The van der Waals surface area contributed by atoms with Crippen LogP contribution in [-0.4, -0.2) is 37.7 Å². The van der Waals surface area contributed by atoms with Gasteiger partial charge in [0.25, 0.3) is 0 Å². The molecule has 2 atom stereocenters. The van der Waals surface area contributed by atoms with Crippen molar-refractivity contribution in [1.29, 1.82) is 0 Å². The van der Waals surface area contributed by atoms with E-state index in [1.807, 2.05) is 32.0 Å². The summed E-state index contributed by atoms with van der Waals surface area (Å²) in [7, 11) is 0. The normalized spacial score (nSPS) is 24.3. The zero-order valence-electron chi connectivity index (χ0n) is 16.1. The van der Waals surface area contributed by atoms with E-state index in [1.165, 1.54) is 12.8 Å². The van der Waals surface area contributed by atoms with Crippen LogP contribution in [0.4, 0.5) is 0 Å². The SMILES string of the molecule is CCOc1ccc(CCNC(=O)CC2CC3CCC(C2)N3)cc1OCC. The summed E-state index contributed by atoms with van der Waals surface area (Å²) >= 11 is 0. The minimum atomic E-state index is 0.187. The number of amides is 1. The molecule has 2 aliphatic rings. The largest absolute Gasteiger partial charge is 0.490 e. The Balaban J connectivity index is 1.43. The lowest BCUT2D eigenvalue weighted by molar-refractivity contribution is -0.122. The zero-order chi connectivity index (χ0) is 18.4. The van der Waals surface area contributed by atoms with Gasteiger partial charge in [0, 0.05) is 25.0 Å². The van der Waals surface area contributed by atoms with Gasteiger partial charge >= 0.3 is 0 Å². The van der Waals surface area contributed by atoms with Crippen LogP contribution in [0.1, 0.15) is 51.5 Å². The molecule has 1 aromatic carbocycles. The maximum absolute atomic E-state index is 12.3. The Morgan fingerprint density at radius 2 is 1.81 bits per heavy atom. The molecule has 2 aliphatic heterocycles. The smallest absolute Gasteiger partial charge is 0.220 e. The van der Waals surface area contributed by atoms with E-state index in [0.717, 1.165) is 36.3 Å². The second-order valence-corrected chi connectivity index (χ2v) is 7.43. The molecule has 2 saturated heterocycles. The number of nitrogens with one attached hydrogen (secondary N) is 2. The third-order valence-corrected chi connectivity index (χ3v) is 5.39. The minimum Gasteiger partial charge on any atom is -0.490 e. The molecule has 1 amide bonds. The fourth-order valence-corrected chi connectivity index (χ4v) is 4.27. The summed E-state index contributed by atoms with van der Waals surface area (Å²) in [4.78, 5) is 12.3. The number of hydrogen-bond acceptors (Lipinski definition) is 4. The number of piperidine rings is 1. The Labute approximate surface area is 156 Å². The number of benzene rings is 1. The van der Waals surface area contributed by atoms with Crippen LogP contribution in [0.15, 0.2) is 18.2 Å². The van der Waals surface area contributed by atoms with E-state index in [2.05, 4.69) is 10.6 Å². The first-order valence-corrected chi connectivity index (χ1v) is 10.1. The standard InChI is InChI=1S/C21H32N2O3/c1-3-25-19-8-5-15(13-20(19)26-4-2)9-10-22-21(24)14-16-11-17-6-7-18(12-16)23-17/h5,8,13,16-18,23H,3-4,6-7,9-12,14H2,1-2H3,(H,22,24). The topological polar surface area (TPSA) is 59.6 Å². The van der Waals surface area contributed by atoms with E-state index in [0.29, 0.717) is 44.2 Å². The molecule has 2 bridgehead atoms. The van der Waals surface area contributed by atoms with Gasteiger partial charge in [0.2, 0.25) is 5.91 Å². The molecule has 0 spiro atoms. The van der Waals surface area contributed by atoms with Crippen molar-refractivity contribution >= 4 is 5.91 Å². The van der Waals surface area contributed by atoms with Crippen LogP contribution in [0.25, 0.3) is 0 Å². The van der Waals surface area contributed by atoms with Crippen LogP contribution in [-0.2, 0) is 11.2 Å². The highest BCUT2D eigenvalue weighted by molar-refractivity contribution is 5.76. The van der Waals surface area contributed by atoms with Crippen molar-refractivity contribution in [3.05, 3.63) is 23.8 Å². The summed E-state index contributed by atoms with van der Waals surface area (Å²) in [5, 5.41) is 6.72. The fraction of sp³-hybridized carbons (Fsp3) is 0.667. The van der Waals surface area contributed by atoms with E-state index < -0.39 is 0 Å². The number of ether oxygens (including phenoxy) is 2. The highest BCUT2D eigenvalue weighted by atomic mass is 16.5. The van der Waals surface area contributed by atoms with Crippen molar-refractivity contribution < 1.29 is 14.3 Å². The molecular weight excluding hydrogens is 328 g/mol. The molecule has 3 rings (SSSR count). The summed E-state index contributed by atoms with van der Waals surface area (Å²) < 4.78 is 11.3. The van der Waals surface area contributed by atoms with Crippen LogP contribution in [0.5, 0.6) is 11.5 Å². The highest BCUT2D eigenvalue weighted by Gasteiger charge is 2.34. The monoisotopic (exact) mass is 360 g/mol. The molecule has 144 valence electrons. The quantitative estimate of drug-likeness (QED) is 0.711. The molecule has 5 heteroatoms. The second kappa shape index (κ2) is 9.26. The Morgan fingerprint density at radius 3 is 2.50 bits per heavy atom. The molecule has 2 fully saturated rings. The lowest BCUT2D eigenvalue weighted by Crippen LogP contribution is -2.39. The molecule has 5 nitrogen and oxygen atoms in total. The Kier molecular flexibility index (Phi) is 6.78. The van der Waals surface area contributed by atoms with Crippen molar-refractivity contribution in [2.75, 3.05) is 19.8 Å². The molecule has 2 N–H and O–H groups in total. The van der Waals surface area contributed by atoms with Crippen LogP contribution >= 0.6 is 0 Å². The number of carbonyl (C=O) groups excluding carboxylic acids is 1. The number of hydrogen-bond donors (Lipinski definition) is 2. The van der Waals surface area contributed by atoms with Crippen molar-refractivity contribution in [1.82, 2.24) is 10.6 Å². The second-order valence-electron chi connectivity index (χ2n) is 7.43. The van der Waals surface area contributed by atoms with Gasteiger partial charge in [-0.1, -0.05) is 6.07 Å². The van der Waals surface area contributed by atoms with E-state index in [4.69, 9.17) is 9.47 Å². The number of rotatable bonds is 9. The van der Waals surface area contributed by atoms with Gasteiger partial charge in [0.1, 0.15) is 0 Å². The van der Waals surface area contributed by atoms with Gasteiger partial charge in [-0.05, 0) is 69.6 Å². The molecule has 0 radical (unpaired) electrons. The van der Waals surface area contributed by atoms with Crippen molar-refractivity contribution in [3.63, 3.8) is 0 Å². The van der Waals surface area contributed by atoms with Crippen LogP contribution in [0, 0.1) is 5.92 Å². The van der Waals surface area contributed by atoms with Gasteiger partial charge in [-0.25, -0.2) is 0 Å². The predicted octanol–water partition coefficient (Wildman–Crippen LogP) is 3.06. The maximum Gasteiger partial charge on any atom is 0.220 e. The van der Waals surface area contributed by atoms with Crippen LogP contribution in [0.2, 0.25) is 0 Å². The lowest BCUT2D eigenvalue weighted by atomic mass is 9.89. The Hall–Kier alpha value is -1.75. The van der Waals surface area contributed by atoms with Crippen molar-refractivity contribution in [2.45, 2.75) is 64.5 Å². The predicted molar refractivity (Wildman–Crippen MR) is 103 cm³/mol. The highest BCUT2D eigenvalue weighted by Crippen LogP contribution is 2.32. The fourth-order valence-electron chi connectivity index (χ4n) is 4.27. The first kappa shape index (κ1) is 19.0. The summed E-state index contributed by atoms with van der Waals surface area (Å²) in [5.41, 5.74) is 1.15. The molecule has 0 saturated carbocycles. The van der Waals surface area contributed by atoms with E-state index >= 15 is 0 Å². The van der Waals surface area contributed by atoms with Gasteiger partial charge in [-0.15, -0.1) is 0 Å². The third-order valence-electron chi connectivity index (χ3n) is 5.39. The van der Waals surface area contributed by atoms with Gasteiger partial charge in [0.15, 0.2) is 11.5 Å². The van der Waals surface area contributed by atoms with Crippen LogP contribution < -0.4 is 20.1 Å². The summed E-state index contributed by atoms with van der Waals surface area (Å²) in [6, 6.07) is 7.31. The van der Waals surface area contributed by atoms with E-state index in [1.54, 1.807) is 0 Å². The summed E-state index contributed by atoms with van der Waals surface area (Å²) in [6.07, 6.45) is 6.34. The third kappa shape index (κ3) is 5.13. The van der Waals surface area contributed by atoms with Crippen molar-refractivity contribution in [3.8, 4) is 11.5 Å². The average molecular weight is 360 g/mol. The molecular formula is C21H32N2O3. The first-order valence-electron chi connectivity index (χ1n) is 10.1. The van der Waals surface area contributed by atoms with Gasteiger partial charge in [0.05, 0.1) is 13.2 Å². The Bertz CT molecular complexity index is 593. The molecule has 1 aromatic rings. The zero-order valence-corrected chi connectivity index (χ0v) is 16.1.